The monoisotopic (exact) mass is 330 g/mol. The van der Waals surface area contributed by atoms with Crippen molar-refractivity contribution in [1.82, 2.24) is 10.2 Å². The standard InChI is InChI=1S/C17H22N4O3/c1-3-4-11-18-15-9-10-16(21-20-15)19-17(22)12-24-14-8-6-5-7-13(14)23-2/h5-10H,3-4,11-12H2,1-2H3,(H,18,20)(H,19,21,22). The van der Waals surface area contributed by atoms with Gasteiger partial charge < -0.3 is 20.1 Å². The Bertz CT molecular complexity index is 647. The normalized spacial score (nSPS) is 10.1. The second kappa shape index (κ2) is 9.34. The predicted molar refractivity (Wildman–Crippen MR) is 92.5 cm³/mol. The zero-order valence-electron chi connectivity index (χ0n) is 13.9. The van der Waals surface area contributed by atoms with Crippen molar-refractivity contribution in [2.75, 3.05) is 30.9 Å². The molecule has 7 nitrogen and oxygen atoms in total. The lowest BCUT2D eigenvalue weighted by molar-refractivity contribution is -0.118. The van der Waals surface area contributed by atoms with Crippen molar-refractivity contribution in [1.29, 1.82) is 0 Å². The number of para-hydroxylation sites is 2. The number of hydrogen-bond acceptors (Lipinski definition) is 6. The topological polar surface area (TPSA) is 85.4 Å². The Morgan fingerprint density at radius 1 is 1.08 bits per heavy atom. The first-order valence-electron chi connectivity index (χ1n) is 7.86. The fourth-order valence-corrected chi connectivity index (χ4v) is 1.95. The van der Waals surface area contributed by atoms with E-state index in [0.717, 1.165) is 19.4 Å². The van der Waals surface area contributed by atoms with Crippen LogP contribution in [0.1, 0.15) is 19.8 Å². The lowest BCUT2D eigenvalue weighted by Gasteiger charge is -2.10. The van der Waals surface area contributed by atoms with Crippen LogP contribution in [-0.2, 0) is 4.79 Å². The van der Waals surface area contributed by atoms with Gasteiger partial charge in [0.25, 0.3) is 5.91 Å². The van der Waals surface area contributed by atoms with Gasteiger partial charge in [-0.15, -0.1) is 10.2 Å². The number of rotatable bonds is 9. The van der Waals surface area contributed by atoms with Gasteiger partial charge in [-0.2, -0.15) is 0 Å². The van der Waals surface area contributed by atoms with Crippen LogP contribution in [0, 0.1) is 0 Å². The van der Waals surface area contributed by atoms with Gasteiger partial charge in [0.1, 0.15) is 5.82 Å². The van der Waals surface area contributed by atoms with Crippen molar-refractivity contribution in [3.63, 3.8) is 0 Å². The van der Waals surface area contributed by atoms with E-state index in [1.165, 1.54) is 0 Å². The van der Waals surface area contributed by atoms with E-state index in [-0.39, 0.29) is 12.5 Å². The maximum Gasteiger partial charge on any atom is 0.263 e. The maximum atomic E-state index is 11.9. The average molecular weight is 330 g/mol. The van der Waals surface area contributed by atoms with E-state index >= 15 is 0 Å². The van der Waals surface area contributed by atoms with Crippen LogP contribution in [0.5, 0.6) is 11.5 Å². The van der Waals surface area contributed by atoms with E-state index in [0.29, 0.717) is 23.1 Å². The maximum absolute atomic E-state index is 11.9. The Morgan fingerprint density at radius 3 is 2.46 bits per heavy atom. The minimum atomic E-state index is -0.318. The molecule has 128 valence electrons. The highest BCUT2D eigenvalue weighted by Crippen LogP contribution is 2.25. The predicted octanol–water partition coefficient (Wildman–Crippen LogP) is 2.71. The fourth-order valence-electron chi connectivity index (χ4n) is 1.95. The molecule has 0 aliphatic carbocycles. The Balaban J connectivity index is 1.81. The molecule has 0 fully saturated rings. The van der Waals surface area contributed by atoms with Crippen molar-refractivity contribution in [3.05, 3.63) is 36.4 Å². The molecule has 2 N–H and O–H groups in total. The molecule has 2 aromatic rings. The first-order valence-corrected chi connectivity index (χ1v) is 7.86. The largest absolute Gasteiger partial charge is 0.493 e. The number of nitrogens with zero attached hydrogens (tertiary/aromatic N) is 2. The SMILES string of the molecule is CCCCNc1ccc(NC(=O)COc2ccccc2OC)nn1. The Labute approximate surface area is 141 Å². The zero-order valence-corrected chi connectivity index (χ0v) is 13.9. The van der Waals surface area contributed by atoms with E-state index in [1.54, 1.807) is 31.4 Å². The van der Waals surface area contributed by atoms with Crippen LogP contribution in [-0.4, -0.2) is 36.4 Å². The van der Waals surface area contributed by atoms with Crippen LogP contribution >= 0.6 is 0 Å². The summed E-state index contributed by atoms with van der Waals surface area (Å²) >= 11 is 0. The summed E-state index contributed by atoms with van der Waals surface area (Å²) in [5.41, 5.74) is 0. The zero-order chi connectivity index (χ0) is 17.2. The summed E-state index contributed by atoms with van der Waals surface area (Å²) < 4.78 is 10.6. The van der Waals surface area contributed by atoms with E-state index in [9.17, 15) is 4.79 Å². The van der Waals surface area contributed by atoms with Crippen LogP contribution in [0.4, 0.5) is 11.6 Å². The molecule has 7 heteroatoms. The van der Waals surface area contributed by atoms with Crippen molar-refractivity contribution in [2.45, 2.75) is 19.8 Å². The lowest BCUT2D eigenvalue weighted by Crippen LogP contribution is -2.21. The quantitative estimate of drug-likeness (QED) is 0.688. The van der Waals surface area contributed by atoms with Crippen LogP contribution in [0.3, 0.4) is 0 Å². The minimum absolute atomic E-state index is 0.140. The third-order valence-electron chi connectivity index (χ3n) is 3.20. The molecule has 24 heavy (non-hydrogen) atoms. The molecule has 0 spiro atoms. The van der Waals surface area contributed by atoms with Gasteiger partial charge in [-0.3, -0.25) is 4.79 Å². The van der Waals surface area contributed by atoms with E-state index in [2.05, 4.69) is 27.8 Å². The van der Waals surface area contributed by atoms with Gasteiger partial charge in [-0.05, 0) is 30.7 Å². The van der Waals surface area contributed by atoms with E-state index in [1.807, 2.05) is 12.1 Å². The van der Waals surface area contributed by atoms with Gasteiger partial charge in [0.2, 0.25) is 0 Å². The first-order chi connectivity index (χ1) is 11.7. The third kappa shape index (κ3) is 5.42. The summed E-state index contributed by atoms with van der Waals surface area (Å²) in [5, 5.41) is 13.8. The first kappa shape index (κ1) is 17.5. The number of carbonyl (C=O) groups excluding carboxylic acids is 1. The number of ether oxygens (including phenoxy) is 2. The van der Waals surface area contributed by atoms with Gasteiger partial charge in [0, 0.05) is 6.54 Å². The average Bonchev–Trinajstić information content (AvgIpc) is 2.62. The number of benzene rings is 1. The molecule has 0 saturated heterocycles. The smallest absolute Gasteiger partial charge is 0.263 e. The van der Waals surface area contributed by atoms with E-state index in [4.69, 9.17) is 9.47 Å². The van der Waals surface area contributed by atoms with Crippen molar-refractivity contribution < 1.29 is 14.3 Å². The molecule has 0 bridgehead atoms. The van der Waals surface area contributed by atoms with Gasteiger partial charge >= 0.3 is 0 Å². The van der Waals surface area contributed by atoms with Crippen molar-refractivity contribution >= 4 is 17.5 Å². The number of unbranched alkanes of at least 4 members (excludes halogenated alkanes) is 1. The summed E-state index contributed by atoms with van der Waals surface area (Å²) in [6.07, 6.45) is 2.18. The summed E-state index contributed by atoms with van der Waals surface area (Å²) in [4.78, 5) is 11.9. The number of anilines is 2. The lowest BCUT2D eigenvalue weighted by atomic mass is 10.3. The number of amides is 1. The molecule has 0 unspecified atom stereocenters. The van der Waals surface area contributed by atoms with Crippen LogP contribution in [0.15, 0.2) is 36.4 Å². The molecule has 1 amide bonds. The second-order valence-corrected chi connectivity index (χ2v) is 5.07. The third-order valence-corrected chi connectivity index (χ3v) is 3.20. The molecule has 1 aromatic heterocycles. The summed E-state index contributed by atoms with van der Waals surface area (Å²) in [6, 6.07) is 10.6. The number of carbonyl (C=O) groups is 1. The van der Waals surface area contributed by atoms with Gasteiger partial charge in [-0.1, -0.05) is 25.5 Å². The highest BCUT2D eigenvalue weighted by molar-refractivity contribution is 5.90. The van der Waals surface area contributed by atoms with Crippen LogP contribution in [0.2, 0.25) is 0 Å². The highest BCUT2D eigenvalue weighted by atomic mass is 16.5. The molecule has 0 aliphatic heterocycles. The molecule has 0 atom stereocenters. The van der Waals surface area contributed by atoms with Crippen LogP contribution in [0.25, 0.3) is 0 Å². The van der Waals surface area contributed by atoms with Crippen LogP contribution < -0.4 is 20.1 Å². The number of hydrogen-bond donors (Lipinski definition) is 2. The second-order valence-electron chi connectivity index (χ2n) is 5.07. The number of aromatic nitrogens is 2. The van der Waals surface area contributed by atoms with E-state index < -0.39 is 0 Å². The van der Waals surface area contributed by atoms with Crippen molar-refractivity contribution in [3.8, 4) is 11.5 Å². The van der Waals surface area contributed by atoms with Crippen molar-refractivity contribution in [2.24, 2.45) is 0 Å². The number of methoxy groups -OCH3 is 1. The summed E-state index contributed by atoms with van der Waals surface area (Å²) in [6.45, 7) is 2.83. The minimum Gasteiger partial charge on any atom is -0.493 e. The molecule has 2 rings (SSSR count). The molecular weight excluding hydrogens is 308 g/mol. The molecular formula is C17H22N4O3. The molecule has 0 aliphatic rings. The Kier molecular flexibility index (Phi) is 6.82. The van der Waals surface area contributed by atoms with Gasteiger partial charge in [0.05, 0.1) is 7.11 Å². The summed E-state index contributed by atoms with van der Waals surface area (Å²) in [5.74, 6) is 1.84. The number of nitrogens with one attached hydrogen (secondary N) is 2. The Morgan fingerprint density at radius 2 is 1.79 bits per heavy atom. The summed E-state index contributed by atoms with van der Waals surface area (Å²) in [7, 11) is 1.55. The van der Waals surface area contributed by atoms with Gasteiger partial charge in [-0.25, -0.2) is 0 Å². The Hall–Kier alpha value is -2.83. The molecule has 1 aromatic carbocycles. The molecule has 1 heterocycles. The van der Waals surface area contributed by atoms with Gasteiger partial charge in [0.15, 0.2) is 23.9 Å². The molecule has 0 radical (unpaired) electrons. The fraction of sp³-hybridized carbons (Fsp3) is 0.353. The molecule has 0 saturated carbocycles. The highest BCUT2D eigenvalue weighted by Gasteiger charge is 2.08.